The van der Waals surface area contributed by atoms with Crippen LogP contribution in [0.1, 0.15) is 67.2 Å². The number of aryl methyl sites for hydroxylation is 2. The van der Waals surface area contributed by atoms with Crippen LogP contribution in [-0.4, -0.2) is 0 Å². The summed E-state index contributed by atoms with van der Waals surface area (Å²) in [5.41, 5.74) is 4.18. The van der Waals surface area contributed by atoms with Gasteiger partial charge in [-0.2, -0.15) is 0 Å². The smallest absolute Gasteiger partial charge is 0.162 e. The average molecular weight is 328 g/mol. The van der Waals surface area contributed by atoms with Crippen LogP contribution >= 0.6 is 0 Å². The highest BCUT2D eigenvalue weighted by Crippen LogP contribution is 2.34. The number of unbranched alkanes of at least 4 members (excludes halogenated alkanes) is 3. The molecule has 1 atom stereocenters. The molecule has 0 saturated carbocycles. The second-order valence-corrected chi connectivity index (χ2v) is 6.99. The summed E-state index contributed by atoms with van der Waals surface area (Å²) >= 11 is 0. The van der Waals surface area contributed by atoms with E-state index in [0.717, 1.165) is 24.8 Å². The van der Waals surface area contributed by atoms with E-state index in [1.165, 1.54) is 42.9 Å². The van der Waals surface area contributed by atoms with Gasteiger partial charge < -0.3 is 0 Å². The highest BCUT2D eigenvalue weighted by molar-refractivity contribution is 5.36. The van der Waals surface area contributed by atoms with Crippen molar-refractivity contribution in [2.45, 2.75) is 64.2 Å². The maximum absolute atomic E-state index is 14.1. The Bertz CT molecular complexity index is 673. The Balaban J connectivity index is 1.66. The first-order valence-electron chi connectivity index (χ1n) is 9.23. The van der Waals surface area contributed by atoms with E-state index < -0.39 is 11.6 Å². The molecule has 1 aliphatic rings. The first kappa shape index (κ1) is 17.1. The lowest BCUT2D eigenvalue weighted by atomic mass is 9.79. The van der Waals surface area contributed by atoms with E-state index in [0.29, 0.717) is 17.9 Å². The first-order valence-corrected chi connectivity index (χ1v) is 9.23. The zero-order valence-corrected chi connectivity index (χ0v) is 14.5. The fourth-order valence-corrected chi connectivity index (χ4v) is 3.76. The molecule has 2 aromatic carbocycles. The molecule has 2 aromatic rings. The summed E-state index contributed by atoms with van der Waals surface area (Å²) in [5, 5.41) is 0. The second-order valence-electron chi connectivity index (χ2n) is 6.99. The van der Waals surface area contributed by atoms with Crippen LogP contribution < -0.4 is 0 Å². The summed E-state index contributed by atoms with van der Waals surface area (Å²) in [6, 6.07) is 11.8. The molecule has 0 radical (unpaired) electrons. The number of benzene rings is 2. The van der Waals surface area contributed by atoms with E-state index in [9.17, 15) is 8.78 Å². The van der Waals surface area contributed by atoms with Crippen molar-refractivity contribution in [2.24, 2.45) is 0 Å². The van der Waals surface area contributed by atoms with Crippen molar-refractivity contribution in [3.05, 3.63) is 70.3 Å². The number of hydrogen-bond donors (Lipinski definition) is 0. The summed E-state index contributed by atoms with van der Waals surface area (Å²) in [7, 11) is 0. The zero-order chi connectivity index (χ0) is 16.9. The molecule has 1 aliphatic carbocycles. The van der Waals surface area contributed by atoms with Gasteiger partial charge in [-0.3, -0.25) is 0 Å². The van der Waals surface area contributed by atoms with Crippen LogP contribution in [0, 0.1) is 11.6 Å². The molecule has 128 valence electrons. The van der Waals surface area contributed by atoms with Crippen molar-refractivity contribution >= 4 is 0 Å². The van der Waals surface area contributed by atoms with Gasteiger partial charge in [-0.25, -0.2) is 8.78 Å². The van der Waals surface area contributed by atoms with Crippen LogP contribution in [0.15, 0.2) is 36.4 Å². The van der Waals surface area contributed by atoms with Crippen molar-refractivity contribution < 1.29 is 8.78 Å². The molecule has 1 unspecified atom stereocenters. The molecule has 0 aliphatic heterocycles. The average Bonchev–Trinajstić information content (AvgIpc) is 2.62. The Morgan fingerprint density at radius 3 is 2.50 bits per heavy atom. The Morgan fingerprint density at radius 2 is 1.75 bits per heavy atom. The lowest BCUT2D eigenvalue weighted by molar-refractivity contribution is 0.476. The summed E-state index contributed by atoms with van der Waals surface area (Å²) in [6.45, 7) is 2.23. The van der Waals surface area contributed by atoms with Crippen LogP contribution in [0.25, 0.3) is 0 Å². The minimum absolute atomic E-state index is 0.294. The first-order chi connectivity index (χ1) is 11.7. The molecule has 0 N–H and O–H groups in total. The summed E-state index contributed by atoms with van der Waals surface area (Å²) in [4.78, 5) is 0. The number of halogens is 2. The normalized spacial score (nSPS) is 16.9. The monoisotopic (exact) mass is 328 g/mol. The molecule has 0 heterocycles. The topological polar surface area (TPSA) is 0 Å². The molecule has 0 bridgehead atoms. The maximum Gasteiger partial charge on any atom is 0.162 e. The fraction of sp³-hybridized carbons (Fsp3) is 0.455. The number of rotatable bonds is 6. The summed E-state index contributed by atoms with van der Waals surface area (Å²) < 4.78 is 27.6. The van der Waals surface area contributed by atoms with Crippen molar-refractivity contribution in [3.8, 4) is 0 Å². The van der Waals surface area contributed by atoms with Crippen molar-refractivity contribution in [3.63, 3.8) is 0 Å². The van der Waals surface area contributed by atoms with Crippen LogP contribution in [0.4, 0.5) is 8.78 Å². The molecule has 0 spiro atoms. The standard InChI is InChI=1S/C22H26F2/c1-2-3-4-5-6-16-7-9-17(10-8-16)19-12-11-18-13-14-21(23)22(24)20(18)15-19/h7-10,13-14,19H,2-6,11-12,15H2,1H3. The third-order valence-corrected chi connectivity index (χ3v) is 5.28. The van der Waals surface area contributed by atoms with Gasteiger partial charge in [-0.15, -0.1) is 0 Å². The minimum atomic E-state index is -0.725. The van der Waals surface area contributed by atoms with E-state index in [4.69, 9.17) is 0 Å². The predicted octanol–water partition coefficient (Wildman–Crippen LogP) is 6.36. The molecule has 0 amide bonds. The van der Waals surface area contributed by atoms with E-state index in [1.807, 2.05) is 0 Å². The summed E-state index contributed by atoms with van der Waals surface area (Å²) in [5.74, 6) is -1.08. The predicted molar refractivity (Wildman–Crippen MR) is 95.4 cm³/mol. The Kier molecular flexibility index (Phi) is 5.65. The van der Waals surface area contributed by atoms with E-state index in [2.05, 4.69) is 31.2 Å². The van der Waals surface area contributed by atoms with Gasteiger partial charge in [-0.05, 0) is 66.3 Å². The lowest BCUT2D eigenvalue weighted by Gasteiger charge is -2.25. The molecule has 2 heteroatoms. The molecular formula is C22H26F2. The van der Waals surface area contributed by atoms with Crippen LogP contribution in [0.3, 0.4) is 0 Å². The molecule has 3 rings (SSSR count). The largest absolute Gasteiger partial charge is 0.204 e. The zero-order valence-electron chi connectivity index (χ0n) is 14.5. The van der Waals surface area contributed by atoms with Gasteiger partial charge in [0, 0.05) is 0 Å². The Labute approximate surface area is 143 Å². The molecule has 0 saturated heterocycles. The van der Waals surface area contributed by atoms with Crippen LogP contribution in [-0.2, 0) is 19.3 Å². The van der Waals surface area contributed by atoms with E-state index in [-0.39, 0.29) is 0 Å². The van der Waals surface area contributed by atoms with Gasteiger partial charge >= 0.3 is 0 Å². The maximum atomic E-state index is 14.1. The summed E-state index contributed by atoms with van der Waals surface area (Å²) in [6.07, 6.45) is 8.68. The molecule has 24 heavy (non-hydrogen) atoms. The van der Waals surface area contributed by atoms with Crippen LogP contribution in [0.2, 0.25) is 0 Å². The highest BCUT2D eigenvalue weighted by atomic mass is 19.2. The fourth-order valence-electron chi connectivity index (χ4n) is 3.76. The van der Waals surface area contributed by atoms with E-state index >= 15 is 0 Å². The van der Waals surface area contributed by atoms with E-state index in [1.54, 1.807) is 6.07 Å². The van der Waals surface area contributed by atoms with Crippen molar-refractivity contribution in [1.29, 1.82) is 0 Å². The number of hydrogen-bond acceptors (Lipinski definition) is 0. The third kappa shape index (κ3) is 3.85. The van der Waals surface area contributed by atoms with Gasteiger partial charge in [0.25, 0.3) is 0 Å². The SMILES string of the molecule is CCCCCCc1ccc(C2CCc3ccc(F)c(F)c3C2)cc1. The van der Waals surface area contributed by atoms with Crippen molar-refractivity contribution in [2.75, 3.05) is 0 Å². The highest BCUT2D eigenvalue weighted by Gasteiger charge is 2.24. The Morgan fingerprint density at radius 1 is 0.958 bits per heavy atom. The number of fused-ring (bicyclic) bond motifs is 1. The molecule has 0 aromatic heterocycles. The van der Waals surface area contributed by atoms with Gasteiger partial charge in [0.1, 0.15) is 0 Å². The third-order valence-electron chi connectivity index (χ3n) is 5.28. The van der Waals surface area contributed by atoms with Gasteiger partial charge in [0.15, 0.2) is 11.6 Å². The Hall–Kier alpha value is -1.70. The second kappa shape index (κ2) is 7.92. The quantitative estimate of drug-likeness (QED) is 0.541. The minimum Gasteiger partial charge on any atom is -0.204 e. The van der Waals surface area contributed by atoms with Crippen LogP contribution in [0.5, 0.6) is 0 Å². The van der Waals surface area contributed by atoms with Gasteiger partial charge in [0.2, 0.25) is 0 Å². The molecular weight excluding hydrogens is 302 g/mol. The van der Waals surface area contributed by atoms with Crippen molar-refractivity contribution in [1.82, 2.24) is 0 Å². The van der Waals surface area contributed by atoms with Gasteiger partial charge in [0.05, 0.1) is 0 Å². The molecule has 0 nitrogen and oxygen atoms in total. The molecule has 0 fully saturated rings. The lowest BCUT2D eigenvalue weighted by Crippen LogP contribution is -2.15. The van der Waals surface area contributed by atoms with Gasteiger partial charge in [-0.1, -0.05) is 56.5 Å².